The molecule has 1 atom stereocenters. The van der Waals surface area contributed by atoms with Crippen molar-refractivity contribution >= 4 is 11.9 Å². The van der Waals surface area contributed by atoms with Gasteiger partial charge in [0.15, 0.2) is 5.69 Å². The smallest absolute Gasteiger partial charge is 0.326 e. The highest BCUT2D eigenvalue weighted by Gasteiger charge is 2.23. The molecule has 1 amide bonds. The van der Waals surface area contributed by atoms with Crippen LogP contribution in [0.1, 0.15) is 47.9 Å². The molecule has 0 aliphatic rings. The number of rotatable bonds is 8. The predicted molar refractivity (Wildman–Crippen MR) is 88.7 cm³/mol. The van der Waals surface area contributed by atoms with Gasteiger partial charge in [-0.1, -0.05) is 37.1 Å². The summed E-state index contributed by atoms with van der Waals surface area (Å²) >= 11 is 0. The summed E-state index contributed by atoms with van der Waals surface area (Å²) in [6.45, 7) is 3.97. The average molecular weight is 348 g/mol. The topological polar surface area (TPSA) is 97.1 Å². The maximum atomic E-state index is 13.0. The number of unbranched alkanes of at least 4 members (excludes halogenated alkanes) is 1. The van der Waals surface area contributed by atoms with E-state index in [1.165, 1.54) is 16.8 Å². The maximum absolute atomic E-state index is 13.0. The number of amides is 1. The van der Waals surface area contributed by atoms with Gasteiger partial charge in [0.25, 0.3) is 5.91 Å². The van der Waals surface area contributed by atoms with E-state index in [-0.39, 0.29) is 11.5 Å². The fraction of sp³-hybridized carbons (Fsp3) is 0.412. The van der Waals surface area contributed by atoms with E-state index < -0.39 is 17.9 Å². The van der Waals surface area contributed by atoms with Gasteiger partial charge in [-0.05, 0) is 31.0 Å². The highest BCUT2D eigenvalue weighted by molar-refractivity contribution is 5.95. The molecule has 0 spiro atoms. The predicted octanol–water partition coefficient (Wildman–Crippen LogP) is 2.15. The fourth-order valence-corrected chi connectivity index (χ4v) is 2.38. The first kappa shape index (κ1) is 18.6. The number of carbonyl (C=O) groups is 2. The van der Waals surface area contributed by atoms with Gasteiger partial charge in [-0.25, -0.2) is 13.9 Å². The summed E-state index contributed by atoms with van der Waals surface area (Å²) in [6, 6.07) is 5.00. The van der Waals surface area contributed by atoms with Gasteiger partial charge in [0, 0.05) is 0 Å². The van der Waals surface area contributed by atoms with Gasteiger partial charge in [-0.3, -0.25) is 4.79 Å². The molecule has 0 saturated carbocycles. The maximum Gasteiger partial charge on any atom is 0.326 e. The normalized spacial score (nSPS) is 12.0. The van der Waals surface area contributed by atoms with Crippen molar-refractivity contribution in [3.8, 4) is 0 Å². The van der Waals surface area contributed by atoms with Crippen molar-refractivity contribution in [3.05, 3.63) is 47.0 Å². The Morgan fingerprint density at radius 3 is 2.60 bits per heavy atom. The number of aliphatic carboxylic acids is 1. The Bertz CT molecular complexity index is 743. The third-order valence-corrected chi connectivity index (χ3v) is 3.89. The Kier molecular flexibility index (Phi) is 6.21. The Morgan fingerprint density at radius 1 is 1.32 bits per heavy atom. The number of hydrogen-bond donors (Lipinski definition) is 2. The molecule has 0 radical (unpaired) electrons. The molecule has 0 bridgehead atoms. The van der Waals surface area contributed by atoms with E-state index in [4.69, 9.17) is 0 Å². The SMILES string of the molecule is CCCCC(NC(=O)c1nnn(Cc2ccc(F)cc2)c1C)C(=O)O. The Morgan fingerprint density at radius 2 is 2.00 bits per heavy atom. The first-order valence-corrected chi connectivity index (χ1v) is 8.10. The van der Waals surface area contributed by atoms with E-state index in [1.807, 2.05) is 6.92 Å². The summed E-state index contributed by atoms with van der Waals surface area (Å²) in [5, 5.41) is 19.5. The molecule has 1 aromatic heterocycles. The summed E-state index contributed by atoms with van der Waals surface area (Å²) in [6.07, 6.45) is 1.90. The van der Waals surface area contributed by atoms with Crippen LogP contribution in [0.15, 0.2) is 24.3 Å². The van der Waals surface area contributed by atoms with E-state index >= 15 is 0 Å². The number of nitrogens with zero attached hydrogens (tertiary/aromatic N) is 3. The van der Waals surface area contributed by atoms with E-state index in [0.717, 1.165) is 12.0 Å². The zero-order valence-electron chi connectivity index (χ0n) is 14.2. The van der Waals surface area contributed by atoms with Crippen LogP contribution in [0.3, 0.4) is 0 Å². The van der Waals surface area contributed by atoms with Crippen LogP contribution in [-0.2, 0) is 11.3 Å². The lowest BCUT2D eigenvalue weighted by Crippen LogP contribution is -2.41. The molecule has 0 saturated heterocycles. The molecular weight excluding hydrogens is 327 g/mol. The number of benzene rings is 1. The van der Waals surface area contributed by atoms with Gasteiger partial charge >= 0.3 is 5.97 Å². The molecule has 1 aromatic carbocycles. The average Bonchev–Trinajstić information content (AvgIpc) is 2.94. The molecular formula is C17H21FN4O3. The summed E-state index contributed by atoms with van der Waals surface area (Å²) in [4.78, 5) is 23.6. The Balaban J connectivity index is 2.09. The van der Waals surface area contributed by atoms with Crippen molar-refractivity contribution in [2.45, 2.75) is 45.7 Å². The second-order valence-corrected chi connectivity index (χ2v) is 5.81. The molecule has 1 unspecified atom stereocenters. The van der Waals surface area contributed by atoms with Crippen LogP contribution in [0.4, 0.5) is 4.39 Å². The number of aromatic nitrogens is 3. The molecule has 0 fully saturated rings. The Labute approximate surface area is 144 Å². The molecule has 25 heavy (non-hydrogen) atoms. The molecule has 2 aromatic rings. The third kappa shape index (κ3) is 4.85. The molecule has 2 N–H and O–H groups in total. The van der Waals surface area contributed by atoms with Crippen molar-refractivity contribution in [2.75, 3.05) is 0 Å². The highest BCUT2D eigenvalue weighted by atomic mass is 19.1. The van der Waals surface area contributed by atoms with Crippen LogP contribution < -0.4 is 5.32 Å². The number of hydrogen-bond acceptors (Lipinski definition) is 4. The molecule has 1 heterocycles. The number of carbonyl (C=O) groups excluding carboxylic acids is 1. The minimum Gasteiger partial charge on any atom is -0.480 e. The second-order valence-electron chi connectivity index (χ2n) is 5.81. The first-order chi connectivity index (χ1) is 11.9. The second kappa shape index (κ2) is 8.36. The quantitative estimate of drug-likeness (QED) is 0.762. The highest BCUT2D eigenvalue weighted by Crippen LogP contribution is 2.10. The molecule has 134 valence electrons. The lowest BCUT2D eigenvalue weighted by Gasteiger charge is -2.13. The molecule has 8 heteroatoms. The monoisotopic (exact) mass is 348 g/mol. The van der Waals surface area contributed by atoms with E-state index in [1.54, 1.807) is 19.1 Å². The van der Waals surface area contributed by atoms with Crippen LogP contribution in [0.5, 0.6) is 0 Å². The van der Waals surface area contributed by atoms with Crippen LogP contribution in [0, 0.1) is 12.7 Å². The van der Waals surface area contributed by atoms with Crippen LogP contribution in [-0.4, -0.2) is 38.0 Å². The first-order valence-electron chi connectivity index (χ1n) is 8.10. The summed E-state index contributed by atoms with van der Waals surface area (Å²) < 4.78 is 14.5. The van der Waals surface area contributed by atoms with Gasteiger partial charge in [0.05, 0.1) is 12.2 Å². The van der Waals surface area contributed by atoms with Crippen molar-refractivity contribution in [1.82, 2.24) is 20.3 Å². The van der Waals surface area contributed by atoms with Gasteiger partial charge < -0.3 is 10.4 Å². The number of halogens is 1. The largest absolute Gasteiger partial charge is 0.480 e. The van der Waals surface area contributed by atoms with Crippen LogP contribution in [0.2, 0.25) is 0 Å². The van der Waals surface area contributed by atoms with Gasteiger partial charge in [0.1, 0.15) is 11.9 Å². The van der Waals surface area contributed by atoms with E-state index in [0.29, 0.717) is 25.1 Å². The van der Waals surface area contributed by atoms with Crippen LogP contribution >= 0.6 is 0 Å². The van der Waals surface area contributed by atoms with Gasteiger partial charge in [-0.15, -0.1) is 5.10 Å². The number of carboxylic acids is 1. The molecule has 0 aliphatic carbocycles. The lowest BCUT2D eigenvalue weighted by atomic mass is 10.1. The van der Waals surface area contributed by atoms with Crippen molar-refractivity contribution in [2.24, 2.45) is 0 Å². The zero-order valence-corrected chi connectivity index (χ0v) is 14.2. The lowest BCUT2D eigenvalue weighted by molar-refractivity contribution is -0.139. The minimum atomic E-state index is -1.07. The summed E-state index contributed by atoms with van der Waals surface area (Å²) in [5.74, 6) is -1.96. The summed E-state index contributed by atoms with van der Waals surface area (Å²) in [7, 11) is 0. The fourth-order valence-electron chi connectivity index (χ4n) is 2.38. The van der Waals surface area contributed by atoms with Crippen LogP contribution in [0.25, 0.3) is 0 Å². The Hall–Kier alpha value is -2.77. The summed E-state index contributed by atoms with van der Waals surface area (Å²) in [5.41, 5.74) is 1.42. The van der Waals surface area contributed by atoms with Gasteiger partial charge in [0.2, 0.25) is 0 Å². The molecule has 2 rings (SSSR count). The zero-order chi connectivity index (χ0) is 18.4. The molecule has 7 nitrogen and oxygen atoms in total. The number of carboxylic acid groups (broad SMARTS) is 1. The standard InChI is InChI=1S/C17H21FN4O3/c1-3-4-5-14(17(24)25)19-16(23)15-11(2)22(21-20-15)10-12-6-8-13(18)9-7-12/h6-9,14H,3-5,10H2,1-2H3,(H,19,23)(H,24,25). The number of nitrogens with one attached hydrogen (secondary N) is 1. The minimum absolute atomic E-state index is 0.0878. The third-order valence-electron chi connectivity index (χ3n) is 3.89. The van der Waals surface area contributed by atoms with E-state index in [2.05, 4.69) is 15.6 Å². The van der Waals surface area contributed by atoms with E-state index in [9.17, 15) is 19.1 Å². The van der Waals surface area contributed by atoms with Crippen molar-refractivity contribution < 1.29 is 19.1 Å². The van der Waals surface area contributed by atoms with Gasteiger partial charge in [-0.2, -0.15) is 0 Å². The van der Waals surface area contributed by atoms with Crippen molar-refractivity contribution in [1.29, 1.82) is 0 Å². The molecule has 0 aliphatic heterocycles. The van der Waals surface area contributed by atoms with Crippen molar-refractivity contribution in [3.63, 3.8) is 0 Å².